The largest absolute Gasteiger partial charge is 0.325 e. The molecule has 14 heavy (non-hydrogen) atoms. The molecular formula is C11H11ClN2. The minimum Gasteiger partial charge on any atom is -0.325 e. The standard InChI is InChI=1S/C11H11ClN2/c12-10-5-1-2-6-11(10)14-7-3-4-9(14)8-13/h1-7H,8,13H2. The summed E-state index contributed by atoms with van der Waals surface area (Å²) >= 11 is 6.08. The van der Waals surface area contributed by atoms with Crippen molar-refractivity contribution in [2.24, 2.45) is 5.73 Å². The number of hydrogen-bond acceptors (Lipinski definition) is 1. The molecular weight excluding hydrogens is 196 g/mol. The minimum absolute atomic E-state index is 0.512. The van der Waals surface area contributed by atoms with Gasteiger partial charge in [0, 0.05) is 18.4 Å². The molecule has 0 fully saturated rings. The second-order valence-corrected chi connectivity index (χ2v) is 3.43. The highest BCUT2D eigenvalue weighted by Gasteiger charge is 2.04. The van der Waals surface area contributed by atoms with E-state index < -0.39 is 0 Å². The van der Waals surface area contributed by atoms with E-state index in [2.05, 4.69) is 0 Å². The molecule has 2 aromatic rings. The van der Waals surface area contributed by atoms with E-state index in [9.17, 15) is 0 Å². The van der Waals surface area contributed by atoms with Crippen LogP contribution in [0.5, 0.6) is 0 Å². The zero-order valence-corrected chi connectivity index (χ0v) is 8.41. The zero-order valence-electron chi connectivity index (χ0n) is 7.65. The first-order chi connectivity index (χ1) is 6.83. The summed E-state index contributed by atoms with van der Waals surface area (Å²) in [7, 11) is 0. The Morgan fingerprint density at radius 2 is 1.93 bits per heavy atom. The van der Waals surface area contributed by atoms with E-state index in [0.717, 1.165) is 16.4 Å². The maximum atomic E-state index is 6.08. The molecule has 1 heterocycles. The van der Waals surface area contributed by atoms with E-state index in [1.165, 1.54) is 0 Å². The highest BCUT2D eigenvalue weighted by molar-refractivity contribution is 6.32. The normalized spacial score (nSPS) is 10.4. The molecule has 0 aliphatic carbocycles. The van der Waals surface area contributed by atoms with Gasteiger partial charge in [-0.2, -0.15) is 0 Å². The molecule has 0 aliphatic rings. The summed E-state index contributed by atoms with van der Waals surface area (Å²) in [4.78, 5) is 0. The van der Waals surface area contributed by atoms with Crippen LogP contribution >= 0.6 is 11.6 Å². The van der Waals surface area contributed by atoms with Crippen LogP contribution in [0.2, 0.25) is 5.02 Å². The van der Waals surface area contributed by atoms with Crippen LogP contribution in [0.25, 0.3) is 5.69 Å². The van der Waals surface area contributed by atoms with Gasteiger partial charge in [0.1, 0.15) is 0 Å². The smallest absolute Gasteiger partial charge is 0.0646 e. The lowest BCUT2D eigenvalue weighted by Gasteiger charge is -2.08. The van der Waals surface area contributed by atoms with Crippen molar-refractivity contribution >= 4 is 11.6 Å². The molecule has 72 valence electrons. The molecule has 3 heteroatoms. The topological polar surface area (TPSA) is 30.9 Å². The number of rotatable bonds is 2. The summed E-state index contributed by atoms with van der Waals surface area (Å²) in [5, 5.41) is 0.735. The number of aromatic nitrogens is 1. The molecule has 0 saturated carbocycles. The summed E-state index contributed by atoms with van der Waals surface area (Å²) in [5.74, 6) is 0. The summed E-state index contributed by atoms with van der Waals surface area (Å²) in [5.41, 5.74) is 7.64. The highest BCUT2D eigenvalue weighted by Crippen LogP contribution is 2.21. The molecule has 0 spiro atoms. The lowest BCUT2D eigenvalue weighted by molar-refractivity contribution is 0.912. The third kappa shape index (κ3) is 1.54. The van der Waals surface area contributed by atoms with Gasteiger partial charge in [0.15, 0.2) is 0 Å². The Bertz CT molecular complexity index is 434. The third-order valence-electron chi connectivity index (χ3n) is 2.15. The van der Waals surface area contributed by atoms with Gasteiger partial charge in [-0.1, -0.05) is 23.7 Å². The van der Waals surface area contributed by atoms with Crippen LogP contribution in [-0.4, -0.2) is 4.57 Å². The quantitative estimate of drug-likeness (QED) is 0.805. The average molecular weight is 207 g/mol. The highest BCUT2D eigenvalue weighted by atomic mass is 35.5. The van der Waals surface area contributed by atoms with Crippen LogP contribution in [0.15, 0.2) is 42.6 Å². The number of para-hydroxylation sites is 1. The Morgan fingerprint density at radius 3 is 2.64 bits per heavy atom. The molecule has 0 unspecified atom stereocenters. The van der Waals surface area contributed by atoms with Gasteiger partial charge in [0.05, 0.1) is 10.7 Å². The molecule has 0 bridgehead atoms. The van der Waals surface area contributed by atoms with Crippen LogP contribution in [-0.2, 0) is 6.54 Å². The number of benzene rings is 1. The van der Waals surface area contributed by atoms with Gasteiger partial charge in [-0.05, 0) is 24.3 Å². The Hall–Kier alpha value is -1.25. The van der Waals surface area contributed by atoms with Gasteiger partial charge in [-0.25, -0.2) is 0 Å². The fourth-order valence-electron chi connectivity index (χ4n) is 1.46. The molecule has 0 radical (unpaired) electrons. The Kier molecular flexibility index (Phi) is 2.57. The van der Waals surface area contributed by atoms with Gasteiger partial charge in [0.25, 0.3) is 0 Å². The summed E-state index contributed by atoms with van der Waals surface area (Å²) in [6, 6.07) is 11.7. The molecule has 0 aliphatic heterocycles. The van der Waals surface area contributed by atoms with Gasteiger partial charge >= 0.3 is 0 Å². The molecule has 0 atom stereocenters. The Labute approximate surface area is 87.9 Å². The van der Waals surface area contributed by atoms with Crippen LogP contribution in [0.1, 0.15) is 5.69 Å². The molecule has 1 aromatic heterocycles. The van der Waals surface area contributed by atoms with E-state index in [-0.39, 0.29) is 0 Å². The van der Waals surface area contributed by atoms with E-state index in [4.69, 9.17) is 17.3 Å². The van der Waals surface area contributed by atoms with Crippen molar-refractivity contribution in [3.05, 3.63) is 53.3 Å². The second-order valence-electron chi connectivity index (χ2n) is 3.03. The van der Waals surface area contributed by atoms with E-state index in [1.54, 1.807) is 0 Å². The lowest BCUT2D eigenvalue weighted by Crippen LogP contribution is -2.04. The summed E-state index contributed by atoms with van der Waals surface area (Å²) in [6.45, 7) is 0.512. The first-order valence-corrected chi connectivity index (χ1v) is 4.82. The molecule has 2 N–H and O–H groups in total. The fourth-order valence-corrected chi connectivity index (χ4v) is 1.69. The van der Waals surface area contributed by atoms with Gasteiger partial charge < -0.3 is 10.3 Å². The van der Waals surface area contributed by atoms with Crippen LogP contribution in [0.3, 0.4) is 0 Å². The molecule has 0 saturated heterocycles. The SMILES string of the molecule is NCc1cccn1-c1ccccc1Cl. The zero-order chi connectivity index (χ0) is 9.97. The van der Waals surface area contributed by atoms with E-state index in [0.29, 0.717) is 6.54 Å². The number of nitrogens with zero attached hydrogens (tertiary/aromatic N) is 1. The third-order valence-corrected chi connectivity index (χ3v) is 2.47. The van der Waals surface area contributed by atoms with Gasteiger partial charge in [0.2, 0.25) is 0 Å². The summed E-state index contributed by atoms with van der Waals surface area (Å²) in [6.07, 6.45) is 1.96. The monoisotopic (exact) mass is 206 g/mol. The Morgan fingerprint density at radius 1 is 1.14 bits per heavy atom. The van der Waals surface area contributed by atoms with E-state index >= 15 is 0 Å². The molecule has 2 rings (SSSR count). The van der Waals surface area contributed by atoms with Crippen molar-refractivity contribution in [1.82, 2.24) is 4.57 Å². The predicted molar refractivity (Wildman–Crippen MR) is 58.7 cm³/mol. The van der Waals surface area contributed by atoms with Crippen molar-refractivity contribution in [1.29, 1.82) is 0 Å². The number of hydrogen-bond donors (Lipinski definition) is 1. The maximum Gasteiger partial charge on any atom is 0.0646 e. The maximum absolute atomic E-state index is 6.08. The van der Waals surface area contributed by atoms with Crippen molar-refractivity contribution in [2.45, 2.75) is 6.54 Å². The van der Waals surface area contributed by atoms with Crippen molar-refractivity contribution in [3.63, 3.8) is 0 Å². The van der Waals surface area contributed by atoms with E-state index in [1.807, 2.05) is 47.2 Å². The van der Waals surface area contributed by atoms with Gasteiger partial charge in [-0.15, -0.1) is 0 Å². The fraction of sp³-hybridized carbons (Fsp3) is 0.0909. The van der Waals surface area contributed by atoms with Crippen molar-refractivity contribution in [2.75, 3.05) is 0 Å². The van der Waals surface area contributed by atoms with Crippen LogP contribution in [0, 0.1) is 0 Å². The molecule has 2 nitrogen and oxygen atoms in total. The van der Waals surface area contributed by atoms with Crippen molar-refractivity contribution < 1.29 is 0 Å². The first-order valence-electron chi connectivity index (χ1n) is 4.44. The van der Waals surface area contributed by atoms with Crippen molar-refractivity contribution in [3.8, 4) is 5.69 Å². The molecule has 0 amide bonds. The second kappa shape index (κ2) is 3.86. The lowest BCUT2D eigenvalue weighted by atomic mass is 10.3. The average Bonchev–Trinajstić information content (AvgIpc) is 2.66. The Balaban J connectivity index is 2.54. The molecule has 1 aromatic carbocycles. The minimum atomic E-state index is 0.512. The van der Waals surface area contributed by atoms with Gasteiger partial charge in [-0.3, -0.25) is 0 Å². The van der Waals surface area contributed by atoms with Crippen LogP contribution in [0.4, 0.5) is 0 Å². The predicted octanol–water partition coefficient (Wildman–Crippen LogP) is 2.59. The summed E-state index contributed by atoms with van der Waals surface area (Å²) < 4.78 is 2.00. The van der Waals surface area contributed by atoms with Crippen LogP contribution < -0.4 is 5.73 Å². The first kappa shape index (κ1) is 9.31. The number of halogens is 1. The number of nitrogens with two attached hydrogens (primary N) is 1.